The van der Waals surface area contributed by atoms with Crippen LogP contribution >= 0.6 is 11.6 Å². The number of hydrogen-bond donors (Lipinski definition) is 0. The van der Waals surface area contributed by atoms with Crippen LogP contribution in [0.3, 0.4) is 0 Å². The van der Waals surface area contributed by atoms with Crippen molar-refractivity contribution in [2.75, 3.05) is 18.5 Å². The van der Waals surface area contributed by atoms with Crippen molar-refractivity contribution in [1.29, 1.82) is 0 Å². The molecule has 0 aromatic heterocycles. The minimum absolute atomic E-state index is 0.586. The Hall–Kier alpha value is -0.690. The summed E-state index contributed by atoms with van der Waals surface area (Å²) in [6.45, 7) is 7.70. The maximum absolute atomic E-state index is 5.98. The molecule has 0 saturated heterocycles. The van der Waals surface area contributed by atoms with Gasteiger partial charge in [-0.1, -0.05) is 31.5 Å². The van der Waals surface area contributed by atoms with Crippen LogP contribution in [0.1, 0.15) is 31.4 Å². The highest BCUT2D eigenvalue weighted by molar-refractivity contribution is 6.17. The topological polar surface area (TPSA) is 3.24 Å². The molecule has 0 N–H and O–H groups in total. The van der Waals surface area contributed by atoms with E-state index in [9.17, 15) is 0 Å². The number of nitrogens with zero attached hydrogens (tertiary/aromatic N) is 1. The molecule has 0 heterocycles. The molecule has 90 valence electrons. The van der Waals surface area contributed by atoms with Crippen LogP contribution in [0.25, 0.3) is 0 Å². The molecule has 0 fully saturated rings. The number of benzene rings is 1. The lowest BCUT2D eigenvalue weighted by molar-refractivity contribution is 0.585. The Morgan fingerprint density at radius 2 is 2.00 bits per heavy atom. The Bertz CT molecular complexity index is 334. The highest BCUT2D eigenvalue weighted by Gasteiger charge is 2.07. The fourth-order valence-corrected chi connectivity index (χ4v) is 1.98. The molecule has 1 aromatic carbocycles. The highest BCUT2D eigenvalue weighted by atomic mass is 35.5. The van der Waals surface area contributed by atoms with Gasteiger partial charge in [0.05, 0.1) is 0 Å². The zero-order valence-corrected chi connectivity index (χ0v) is 11.5. The molecule has 0 radical (unpaired) electrons. The van der Waals surface area contributed by atoms with Gasteiger partial charge in [-0.15, -0.1) is 11.6 Å². The van der Waals surface area contributed by atoms with Crippen molar-refractivity contribution < 1.29 is 0 Å². The van der Waals surface area contributed by atoms with Gasteiger partial charge in [-0.2, -0.15) is 0 Å². The first-order valence-electron chi connectivity index (χ1n) is 5.91. The number of alkyl halides is 1. The quantitative estimate of drug-likeness (QED) is 0.696. The summed E-state index contributed by atoms with van der Waals surface area (Å²) >= 11 is 5.98. The first-order chi connectivity index (χ1) is 7.54. The Labute approximate surface area is 104 Å². The molecule has 0 atom stereocenters. The van der Waals surface area contributed by atoms with E-state index < -0.39 is 0 Å². The van der Waals surface area contributed by atoms with Crippen molar-refractivity contribution in [2.45, 2.75) is 33.1 Å². The zero-order valence-electron chi connectivity index (χ0n) is 10.8. The molecule has 1 aromatic rings. The van der Waals surface area contributed by atoms with Crippen LogP contribution in [0.5, 0.6) is 0 Å². The maximum atomic E-state index is 5.98. The van der Waals surface area contributed by atoms with Crippen molar-refractivity contribution in [3.8, 4) is 0 Å². The van der Waals surface area contributed by atoms with Crippen molar-refractivity contribution in [3.63, 3.8) is 0 Å². The Kier molecular flexibility index (Phi) is 5.14. The number of anilines is 1. The summed E-state index contributed by atoms with van der Waals surface area (Å²) in [5.41, 5.74) is 3.77. The van der Waals surface area contributed by atoms with Crippen LogP contribution in [0.2, 0.25) is 0 Å². The van der Waals surface area contributed by atoms with E-state index in [1.165, 1.54) is 23.2 Å². The van der Waals surface area contributed by atoms with Gasteiger partial charge in [-0.05, 0) is 30.9 Å². The summed E-state index contributed by atoms with van der Waals surface area (Å²) in [4.78, 5) is 2.30. The Balaban J connectivity index is 2.77. The van der Waals surface area contributed by atoms with E-state index in [2.05, 4.69) is 50.9 Å². The summed E-state index contributed by atoms with van der Waals surface area (Å²) < 4.78 is 0. The molecule has 0 aliphatic carbocycles. The van der Waals surface area contributed by atoms with Gasteiger partial charge in [0.25, 0.3) is 0 Å². The van der Waals surface area contributed by atoms with E-state index >= 15 is 0 Å². The Morgan fingerprint density at radius 1 is 1.31 bits per heavy atom. The SMILES string of the molecule is Cc1ccc(N(C)CCC(C)C)c(CCl)c1. The van der Waals surface area contributed by atoms with E-state index in [0.29, 0.717) is 5.88 Å². The van der Waals surface area contributed by atoms with E-state index in [1.807, 2.05) is 0 Å². The van der Waals surface area contributed by atoms with Gasteiger partial charge in [0.15, 0.2) is 0 Å². The maximum Gasteiger partial charge on any atom is 0.0494 e. The largest absolute Gasteiger partial charge is 0.374 e. The lowest BCUT2D eigenvalue weighted by Crippen LogP contribution is -2.21. The minimum Gasteiger partial charge on any atom is -0.374 e. The normalized spacial score (nSPS) is 10.9. The van der Waals surface area contributed by atoms with Crippen LogP contribution in [0.4, 0.5) is 5.69 Å². The fourth-order valence-electron chi connectivity index (χ4n) is 1.77. The Morgan fingerprint density at radius 3 is 2.56 bits per heavy atom. The molecule has 16 heavy (non-hydrogen) atoms. The van der Waals surface area contributed by atoms with Crippen molar-refractivity contribution in [2.24, 2.45) is 5.92 Å². The van der Waals surface area contributed by atoms with Crippen molar-refractivity contribution in [3.05, 3.63) is 29.3 Å². The molecule has 0 amide bonds. The summed E-state index contributed by atoms with van der Waals surface area (Å²) in [6.07, 6.45) is 1.21. The molecule has 0 spiro atoms. The predicted molar refractivity (Wildman–Crippen MR) is 73.5 cm³/mol. The summed E-state index contributed by atoms with van der Waals surface area (Å²) in [7, 11) is 2.14. The van der Waals surface area contributed by atoms with Gasteiger partial charge in [-0.25, -0.2) is 0 Å². The van der Waals surface area contributed by atoms with E-state index in [1.54, 1.807) is 0 Å². The number of aryl methyl sites for hydroxylation is 1. The standard InChI is InChI=1S/C14H22ClN/c1-11(2)7-8-16(4)14-6-5-12(3)9-13(14)10-15/h5-6,9,11H,7-8,10H2,1-4H3. The predicted octanol–water partition coefficient (Wildman–Crippen LogP) is 4.22. The summed E-state index contributed by atoms with van der Waals surface area (Å²) in [5.74, 6) is 1.33. The number of halogens is 1. The highest BCUT2D eigenvalue weighted by Crippen LogP contribution is 2.23. The van der Waals surface area contributed by atoms with E-state index in [4.69, 9.17) is 11.6 Å². The molecule has 1 nitrogen and oxygen atoms in total. The second kappa shape index (κ2) is 6.15. The molecule has 2 heteroatoms. The van der Waals surface area contributed by atoms with Crippen LogP contribution in [0.15, 0.2) is 18.2 Å². The van der Waals surface area contributed by atoms with Crippen molar-refractivity contribution >= 4 is 17.3 Å². The lowest BCUT2D eigenvalue weighted by atomic mass is 10.1. The summed E-state index contributed by atoms with van der Waals surface area (Å²) in [6, 6.07) is 6.50. The monoisotopic (exact) mass is 239 g/mol. The van der Waals surface area contributed by atoms with Crippen LogP contribution in [0, 0.1) is 12.8 Å². The smallest absolute Gasteiger partial charge is 0.0494 e. The second-order valence-corrected chi connectivity index (χ2v) is 5.14. The fraction of sp³-hybridized carbons (Fsp3) is 0.571. The van der Waals surface area contributed by atoms with Crippen LogP contribution in [-0.4, -0.2) is 13.6 Å². The van der Waals surface area contributed by atoms with Crippen LogP contribution < -0.4 is 4.90 Å². The molecular formula is C14H22ClN. The molecule has 0 unspecified atom stereocenters. The molecular weight excluding hydrogens is 218 g/mol. The second-order valence-electron chi connectivity index (χ2n) is 4.87. The number of hydrogen-bond acceptors (Lipinski definition) is 1. The third kappa shape index (κ3) is 3.71. The average molecular weight is 240 g/mol. The minimum atomic E-state index is 0.586. The third-order valence-electron chi connectivity index (χ3n) is 2.83. The van der Waals surface area contributed by atoms with E-state index in [-0.39, 0.29) is 0 Å². The van der Waals surface area contributed by atoms with Gasteiger partial charge in [0, 0.05) is 25.2 Å². The van der Waals surface area contributed by atoms with Gasteiger partial charge >= 0.3 is 0 Å². The van der Waals surface area contributed by atoms with Gasteiger partial charge in [-0.3, -0.25) is 0 Å². The van der Waals surface area contributed by atoms with Crippen molar-refractivity contribution in [1.82, 2.24) is 0 Å². The van der Waals surface area contributed by atoms with Crippen LogP contribution in [-0.2, 0) is 5.88 Å². The molecule has 0 aliphatic heterocycles. The molecule has 1 rings (SSSR count). The molecule has 0 aliphatic rings. The summed E-state index contributed by atoms with van der Waals surface area (Å²) in [5, 5.41) is 0. The first kappa shape index (κ1) is 13.4. The zero-order chi connectivity index (χ0) is 12.1. The third-order valence-corrected chi connectivity index (χ3v) is 3.12. The van der Waals surface area contributed by atoms with Gasteiger partial charge in [0.1, 0.15) is 0 Å². The van der Waals surface area contributed by atoms with Gasteiger partial charge in [0.2, 0.25) is 0 Å². The molecule has 0 bridgehead atoms. The number of rotatable bonds is 5. The molecule has 0 saturated carbocycles. The average Bonchev–Trinajstić information content (AvgIpc) is 2.25. The first-order valence-corrected chi connectivity index (χ1v) is 6.44. The lowest BCUT2D eigenvalue weighted by Gasteiger charge is -2.23. The van der Waals surface area contributed by atoms with Gasteiger partial charge < -0.3 is 4.90 Å². The van der Waals surface area contributed by atoms with E-state index in [0.717, 1.165) is 12.5 Å².